The zero-order chi connectivity index (χ0) is 20.2. The van der Waals surface area contributed by atoms with Gasteiger partial charge in [-0.25, -0.2) is 43.9 Å². The zero-order valence-corrected chi connectivity index (χ0v) is 12.6. The number of allylic oxidation sites excluding steroid dienone is 4. The molecule has 142 valence electrons. The standard InChI is InChI=1S/C17H4F10/c18-8-6(9(19)13(23)16(26)12(8)22)4-1-2-5(3-4)7-10(20)14(24)17(27)15(25)11(7)21/h1-4H. The zero-order valence-electron chi connectivity index (χ0n) is 12.6. The van der Waals surface area contributed by atoms with Gasteiger partial charge in [-0.1, -0.05) is 18.2 Å². The molecule has 2 aromatic carbocycles. The van der Waals surface area contributed by atoms with Crippen LogP contribution in [0.25, 0.3) is 5.57 Å². The molecule has 0 spiro atoms. The van der Waals surface area contributed by atoms with Crippen molar-refractivity contribution in [1.82, 2.24) is 0 Å². The van der Waals surface area contributed by atoms with Crippen LogP contribution in [0.1, 0.15) is 17.0 Å². The summed E-state index contributed by atoms with van der Waals surface area (Å²) in [6.07, 6.45) is 2.13. The molecular weight excluding hydrogens is 394 g/mol. The summed E-state index contributed by atoms with van der Waals surface area (Å²) in [5, 5.41) is 0. The summed E-state index contributed by atoms with van der Waals surface area (Å²) in [7, 11) is 0. The summed E-state index contributed by atoms with van der Waals surface area (Å²) < 4.78 is 135. The van der Waals surface area contributed by atoms with E-state index in [-0.39, 0.29) is 0 Å². The highest BCUT2D eigenvalue weighted by Crippen LogP contribution is 2.38. The van der Waals surface area contributed by atoms with Crippen LogP contribution in [-0.4, -0.2) is 0 Å². The Bertz CT molecular complexity index is 977. The summed E-state index contributed by atoms with van der Waals surface area (Å²) in [5.41, 5.74) is -3.41. The number of benzene rings is 2. The summed E-state index contributed by atoms with van der Waals surface area (Å²) >= 11 is 0. The SMILES string of the molecule is Fc1c(F)c(F)c(C2=CC(c3c(F)c(F)c(F)c(F)c3F)C=C2)c(F)c1F. The Morgan fingerprint density at radius 1 is 0.481 bits per heavy atom. The molecule has 0 N–H and O–H groups in total. The van der Waals surface area contributed by atoms with Crippen molar-refractivity contribution in [3.05, 3.63) is 87.5 Å². The third kappa shape index (κ3) is 2.70. The van der Waals surface area contributed by atoms with Crippen LogP contribution in [0.2, 0.25) is 0 Å². The van der Waals surface area contributed by atoms with E-state index in [1.165, 1.54) is 0 Å². The van der Waals surface area contributed by atoms with Crippen LogP contribution in [0.3, 0.4) is 0 Å². The summed E-state index contributed by atoms with van der Waals surface area (Å²) in [5.74, 6) is -24.3. The Hall–Kier alpha value is -2.78. The van der Waals surface area contributed by atoms with Gasteiger partial charge in [-0.2, -0.15) is 0 Å². The second-order valence-electron chi connectivity index (χ2n) is 5.44. The Balaban J connectivity index is 2.18. The first-order chi connectivity index (χ1) is 12.6. The van der Waals surface area contributed by atoms with Crippen LogP contribution < -0.4 is 0 Å². The molecule has 27 heavy (non-hydrogen) atoms. The molecular formula is C17H4F10. The molecule has 1 atom stereocenters. The Labute approximate surface area is 144 Å². The fraction of sp³-hybridized carbons (Fsp3) is 0.0588. The van der Waals surface area contributed by atoms with E-state index in [2.05, 4.69) is 0 Å². The lowest BCUT2D eigenvalue weighted by Gasteiger charge is -2.12. The van der Waals surface area contributed by atoms with Gasteiger partial charge in [0, 0.05) is 11.5 Å². The smallest absolute Gasteiger partial charge is 0.200 e. The minimum absolute atomic E-state index is 0.608. The number of hydrogen-bond acceptors (Lipinski definition) is 0. The topological polar surface area (TPSA) is 0 Å². The first-order valence-electron chi connectivity index (χ1n) is 7.01. The molecule has 0 saturated carbocycles. The first-order valence-corrected chi connectivity index (χ1v) is 7.01. The average Bonchev–Trinajstić information content (AvgIpc) is 3.11. The third-order valence-corrected chi connectivity index (χ3v) is 3.92. The molecule has 0 amide bonds. The number of hydrogen-bond donors (Lipinski definition) is 0. The Morgan fingerprint density at radius 3 is 1.30 bits per heavy atom. The van der Waals surface area contributed by atoms with Crippen molar-refractivity contribution in [3.63, 3.8) is 0 Å². The fourth-order valence-corrected chi connectivity index (χ4v) is 2.63. The van der Waals surface area contributed by atoms with E-state index < -0.39 is 80.8 Å². The molecule has 0 aromatic heterocycles. The van der Waals surface area contributed by atoms with Gasteiger partial charge in [0.1, 0.15) is 0 Å². The van der Waals surface area contributed by atoms with E-state index in [4.69, 9.17) is 0 Å². The molecule has 3 rings (SSSR count). The van der Waals surface area contributed by atoms with Crippen molar-refractivity contribution in [1.29, 1.82) is 0 Å². The molecule has 2 aromatic rings. The maximum Gasteiger partial charge on any atom is 0.200 e. The highest BCUT2D eigenvalue weighted by atomic mass is 19.2. The Morgan fingerprint density at radius 2 is 0.852 bits per heavy atom. The van der Waals surface area contributed by atoms with Crippen molar-refractivity contribution in [3.8, 4) is 0 Å². The summed E-state index contributed by atoms with van der Waals surface area (Å²) in [6, 6.07) is 0. The lowest BCUT2D eigenvalue weighted by molar-refractivity contribution is 0.370. The van der Waals surface area contributed by atoms with Gasteiger partial charge in [-0.15, -0.1) is 0 Å². The van der Waals surface area contributed by atoms with E-state index >= 15 is 0 Å². The Kier molecular flexibility index (Phi) is 4.52. The molecule has 1 aliphatic carbocycles. The third-order valence-electron chi connectivity index (χ3n) is 3.92. The van der Waals surface area contributed by atoms with E-state index in [1.54, 1.807) is 0 Å². The monoisotopic (exact) mass is 398 g/mol. The van der Waals surface area contributed by atoms with E-state index in [0.717, 1.165) is 12.2 Å². The van der Waals surface area contributed by atoms with Crippen molar-refractivity contribution in [2.75, 3.05) is 0 Å². The molecule has 0 fully saturated rings. The molecule has 0 heterocycles. The highest BCUT2D eigenvalue weighted by molar-refractivity contribution is 5.79. The van der Waals surface area contributed by atoms with Crippen molar-refractivity contribution in [2.24, 2.45) is 0 Å². The second kappa shape index (κ2) is 6.43. The van der Waals surface area contributed by atoms with Crippen molar-refractivity contribution >= 4 is 5.57 Å². The number of halogens is 10. The van der Waals surface area contributed by atoms with Crippen LogP contribution in [0.15, 0.2) is 18.2 Å². The van der Waals surface area contributed by atoms with Gasteiger partial charge in [-0.05, 0) is 5.57 Å². The predicted molar refractivity (Wildman–Crippen MR) is 72.3 cm³/mol. The van der Waals surface area contributed by atoms with Crippen molar-refractivity contribution in [2.45, 2.75) is 5.92 Å². The molecule has 0 bridgehead atoms. The molecule has 0 nitrogen and oxygen atoms in total. The minimum Gasteiger partial charge on any atom is -0.203 e. The largest absolute Gasteiger partial charge is 0.203 e. The lowest BCUT2D eigenvalue weighted by atomic mass is 9.97. The fourth-order valence-electron chi connectivity index (χ4n) is 2.63. The number of rotatable bonds is 2. The molecule has 10 heteroatoms. The molecule has 0 radical (unpaired) electrons. The highest BCUT2D eigenvalue weighted by Gasteiger charge is 2.32. The summed E-state index contributed by atoms with van der Waals surface area (Å²) in [6.45, 7) is 0. The molecule has 0 aliphatic heterocycles. The van der Waals surface area contributed by atoms with Gasteiger partial charge in [0.05, 0.1) is 5.56 Å². The second-order valence-corrected chi connectivity index (χ2v) is 5.44. The average molecular weight is 398 g/mol. The van der Waals surface area contributed by atoms with Gasteiger partial charge >= 0.3 is 0 Å². The van der Waals surface area contributed by atoms with Crippen LogP contribution in [-0.2, 0) is 0 Å². The molecule has 0 saturated heterocycles. The van der Waals surface area contributed by atoms with Crippen LogP contribution in [0.4, 0.5) is 43.9 Å². The summed E-state index contributed by atoms with van der Waals surface area (Å²) in [4.78, 5) is 0. The lowest BCUT2D eigenvalue weighted by Crippen LogP contribution is -2.09. The van der Waals surface area contributed by atoms with Crippen LogP contribution in [0, 0.1) is 58.2 Å². The van der Waals surface area contributed by atoms with E-state index in [1.807, 2.05) is 0 Å². The van der Waals surface area contributed by atoms with E-state index in [0.29, 0.717) is 6.08 Å². The minimum atomic E-state index is -2.41. The molecule has 1 aliphatic rings. The normalized spacial score (nSPS) is 16.2. The van der Waals surface area contributed by atoms with Crippen LogP contribution in [0.5, 0.6) is 0 Å². The van der Waals surface area contributed by atoms with Gasteiger partial charge in [0.25, 0.3) is 0 Å². The first kappa shape index (κ1) is 19.0. The van der Waals surface area contributed by atoms with Gasteiger partial charge in [0.15, 0.2) is 46.5 Å². The van der Waals surface area contributed by atoms with Gasteiger partial charge in [0.2, 0.25) is 11.6 Å². The predicted octanol–water partition coefficient (Wildman–Crippen LogP) is 5.81. The van der Waals surface area contributed by atoms with E-state index in [9.17, 15) is 43.9 Å². The quantitative estimate of drug-likeness (QED) is 0.340. The van der Waals surface area contributed by atoms with Gasteiger partial charge in [-0.3, -0.25) is 0 Å². The molecule has 1 unspecified atom stereocenters. The van der Waals surface area contributed by atoms with Gasteiger partial charge < -0.3 is 0 Å². The van der Waals surface area contributed by atoms with Crippen LogP contribution >= 0.6 is 0 Å². The maximum atomic E-state index is 13.8. The van der Waals surface area contributed by atoms with Crippen molar-refractivity contribution < 1.29 is 43.9 Å². The maximum absolute atomic E-state index is 13.8.